The van der Waals surface area contributed by atoms with Crippen LogP contribution in [0.4, 0.5) is 4.39 Å². The Balaban J connectivity index is 1.85. The molecule has 0 aliphatic carbocycles. The van der Waals surface area contributed by atoms with E-state index in [0.29, 0.717) is 4.90 Å². The molecule has 96 valence electrons. The molecule has 0 saturated carbocycles. The molecule has 0 saturated heterocycles. The van der Waals surface area contributed by atoms with Crippen LogP contribution in [0.25, 0.3) is 0 Å². The Hall–Kier alpha value is -0.360. The monoisotopic (exact) mass is 345 g/mol. The molecule has 1 aromatic carbocycles. The maximum atomic E-state index is 13.4. The van der Waals surface area contributed by atoms with Crippen molar-refractivity contribution < 1.29 is 4.39 Å². The molecule has 0 amide bonds. The van der Waals surface area contributed by atoms with Crippen molar-refractivity contribution in [1.82, 2.24) is 0 Å². The predicted molar refractivity (Wildman–Crippen MR) is 80.8 cm³/mol. The number of thiophene rings is 1. The largest absolute Gasteiger partial charge is 0.327 e. The number of halogens is 2. The van der Waals surface area contributed by atoms with Crippen LogP contribution in [0.1, 0.15) is 4.88 Å². The Labute approximate surface area is 123 Å². The van der Waals surface area contributed by atoms with Gasteiger partial charge in [-0.25, -0.2) is 4.39 Å². The quantitative estimate of drug-likeness (QED) is 0.817. The number of nitrogens with two attached hydrogens (primary N) is 1. The van der Waals surface area contributed by atoms with E-state index in [-0.39, 0.29) is 11.9 Å². The van der Waals surface area contributed by atoms with E-state index in [1.807, 2.05) is 11.4 Å². The van der Waals surface area contributed by atoms with Crippen molar-refractivity contribution in [2.24, 2.45) is 5.73 Å². The topological polar surface area (TPSA) is 26.0 Å². The minimum atomic E-state index is -0.173. The summed E-state index contributed by atoms with van der Waals surface area (Å²) in [5.41, 5.74) is 6.06. The first-order chi connectivity index (χ1) is 8.65. The molecular weight excluding hydrogens is 333 g/mol. The lowest BCUT2D eigenvalue weighted by Gasteiger charge is -2.10. The third-order valence-electron chi connectivity index (χ3n) is 2.37. The van der Waals surface area contributed by atoms with Crippen LogP contribution < -0.4 is 5.73 Å². The molecule has 2 aromatic rings. The molecule has 0 radical (unpaired) electrons. The highest BCUT2D eigenvalue weighted by atomic mass is 79.9. The van der Waals surface area contributed by atoms with E-state index < -0.39 is 0 Å². The Morgan fingerprint density at radius 2 is 2.17 bits per heavy atom. The molecule has 1 aromatic heterocycles. The smallest absolute Gasteiger partial charge is 0.136 e. The highest BCUT2D eigenvalue weighted by molar-refractivity contribution is 9.10. The van der Waals surface area contributed by atoms with Crippen molar-refractivity contribution in [1.29, 1.82) is 0 Å². The Morgan fingerprint density at radius 1 is 1.39 bits per heavy atom. The molecule has 2 N–H and O–H groups in total. The zero-order chi connectivity index (χ0) is 13.0. The molecule has 1 atom stereocenters. The van der Waals surface area contributed by atoms with Gasteiger partial charge in [-0.3, -0.25) is 0 Å². The molecule has 0 spiro atoms. The summed E-state index contributed by atoms with van der Waals surface area (Å²) in [5, 5.41) is 2.05. The summed E-state index contributed by atoms with van der Waals surface area (Å²) >= 11 is 6.59. The van der Waals surface area contributed by atoms with E-state index in [0.717, 1.165) is 16.6 Å². The van der Waals surface area contributed by atoms with Gasteiger partial charge in [-0.2, -0.15) is 0 Å². The molecule has 18 heavy (non-hydrogen) atoms. The SMILES string of the molecule is NC(CSc1ccccc1F)Cc1cc(Br)cs1. The van der Waals surface area contributed by atoms with Crippen LogP contribution >= 0.6 is 39.0 Å². The van der Waals surface area contributed by atoms with E-state index in [1.165, 1.54) is 22.7 Å². The molecule has 0 aliphatic heterocycles. The Bertz CT molecular complexity index is 515. The van der Waals surface area contributed by atoms with Gasteiger partial charge in [0.2, 0.25) is 0 Å². The number of hydrogen-bond acceptors (Lipinski definition) is 3. The first kappa shape index (κ1) is 14.1. The molecule has 1 heterocycles. The van der Waals surface area contributed by atoms with Gasteiger partial charge >= 0.3 is 0 Å². The summed E-state index contributed by atoms with van der Waals surface area (Å²) in [4.78, 5) is 1.92. The Kier molecular flexibility index (Phi) is 5.24. The van der Waals surface area contributed by atoms with Crippen LogP contribution in [0, 0.1) is 5.82 Å². The van der Waals surface area contributed by atoms with Gasteiger partial charge in [0.25, 0.3) is 0 Å². The molecule has 1 nitrogen and oxygen atoms in total. The second-order valence-electron chi connectivity index (χ2n) is 3.94. The van der Waals surface area contributed by atoms with Crippen LogP contribution in [-0.2, 0) is 6.42 Å². The third-order valence-corrected chi connectivity index (χ3v) is 5.33. The van der Waals surface area contributed by atoms with Gasteiger partial charge < -0.3 is 5.73 Å². The van der Waals surface area contributed by atoms with Crippen molar-refractivity contribution in [2.45, 2.75) is 17.4 Å². The van der Waals surface area contributed by atoms with Crippen LogP contribution in [0.5, 0.6) is 0 Å². The lowest BCUT2D eigenvalue weighted by Crippen LogP contribution is -2.25. The number of benzene rings is 1. The van der Waals surface area contributed by atoms with Crippen molar-refractivity contribution in [3.05, 3.63) is 50.9 Å². The first-order valence-corrected chi connectivity index (χ1v) is 8.17. The molecular formula is C13H13BrFNS2. The average molecular weight is 346 g/mol. The first-order valence-electron chi connectivity index (χ1n) is 5.51. The average Bonchev–Trinajstić information content (AvgIpc) is 2.74. The molecule has 0 fully saturated rings. The highest BCUT2D eigenvalue weighted by Crippen LogP contribution is 2.24. The summed E-state index contributed by atoms with van der Waals surface area (Å²) in [5.74, 6) is 0.546. The van der Waals surface area contributed by atoms with E-state index in [9.17, 15) is 4.39 Å². The lowest BCUT2D eigenvalue weighted by atomic mass is 10.2. The van der Waals surface area contributed by atoms with Crippen LogP contribution in [-0.4, -0.2) is 11.8 Å². The zero-order valence-corrected chi connectivity index (χ0v) is 12.8. The highest BCUT2D eigenvalue weighted by Gasteiger charge is 2.08. The summed E-state index contributed by atoms with van der Waals surface area (Å²) < 4.78 is 14.5. The van der Waals surface area contributed by atoms with Gasteiger partial charge in [0.1, 0.15) is 5.82 Å². The molecule has 5 heteroatoms. The second-order valence-corrected chi connectivity index (χ2v) is 6.91. The maximum Gasteiger partial charge on any atom is 0.136 e. The van der Waals surface area contributed by atoms with Crippen molar-refractivity contribution in [3.8, 4) is 0 Å². The summed E-state index contributed by atoms with van der Waals surface area (Å²) in [6.45, 7) is 0. The maximum absolute atomic E-state index is 13.4. The van der Waals surface area contributed by atoms with Crippen LogP contribution in [0.2, 0.25) is 0 Å². The minimum Gasteiger partial charge on any atom is -0.327 e. The van der Waals surface area contributed by atoms with Crippen LogP contribution in [0.3, 0.4) is 0 Å². The van der Waals surface area contributed by atoms with E-state index in [2.05, 4.69) is 22.0 Å². The zero-order valence-electron chi connectivity index (χ0n) is 9.61. The van der Waals surface area contributed by atoms with Gasteiger partial charge in [-0.15, -0.1) is 23.1 Å². The van der Waals surface area contributed by atoms with Crippen molar-refractivity contribution in [2.75, 3.05) is 5.75 Å². The van der Waals surface area contributed by atoms with Crippen LogP contribution in [0.15, 0.2) is 45.1 Å². The molecule has 2 rings (SSSR count). The summed E-state index contributed by atoms with van der Waals surface area (Å²) in [7, 11) is 0. The normalized spacial score (nSPS) is 12.6. The number of rotatable bonds is 5. The predicted octanol–water partition coefficient (Wildman–Crippen LogP) is 4.31. The Morgan fingerprint density at radius 3 is 2.83 bits per heavy atom. The van der Waals surface area contributed by atoms with E-state index in [1.54, 1.807) is 23.5 Å². The van der Waals surface area contributed by atoms with Crippen molar-refractivity contribution >= 4 is 39.0 Å². The molecule has 0 bridgehead atoms. The summed E-state index contributed by atoms with van der Waals surface area (Å²) in [6.07, 6.45) is 0.831. The molecule has 1 unspecified atom stereocenters. The van der Waals surface area contributed by atoms with Gasteiger partial charge in [-0.1, -0.05) is 12.1 Å². The van der Waals surface area contributed by atoms with Gasteiger partial charge in [0, 0.05) is 31.4 Å². The van der Waals surface area contributed by atoms with Gasteiger partial charge in [0.05, 0.1) is 0 Å². The fourth-order valence-electron chi connectivity index (χ4n) is 1.54. The van der Waals surface area contributed by atoms with Gasteiger partial charge in [-0.05, 0) is 40.5 Å². The van der Waals surface area contributed by atoms with E-state index >= 15 is 0 Å². The number of hydrogen-bond donors (Lipinski definition) is 1. The second kappa shape index (κ2) is 6.70. The fraction of sp³-hybridized carbons (Fsp3) is 0.231. The third kappa shape index (κ3) is 4.09. The standard InChI is InChI=1S/C13H13BrFNS2/c14-9-5-11(17-7-9)6-10(16)8-18-13-4-2-1-3-12(13)15/h1-5,7,10H,6,8,16H2. The van der Waals surface area contributed by atoms with Gasteiger partial charge in [0.15, 0.2) is 0 Å². The number of thioether (sulfide) groups is 1. The fourth-order valence-corrected chi connectivity index (χ4v) is 3.97. The minimum absolute atomic E-state index is 0.0418. The summed E-state index contributed by atoms with van der Waals surface area (Å²) in [6, 6.07) is 8.92. The lowest BCUT2D eigenvalue weighted by molar-refractivity contribution is 0.601. The van der Waals surface area contributed by atoms with Crippen molar-refractivity contribution in [3.63, 3.8) is 0 Å². The van der Waals surface area contributed by atoms with E-state index in [4.69, 9.17) is 5.73 Å². The molecule has 0 aliphatic rings.